The van der Waals surface area contributed by atoms with Crippen molar-refractivity contribution in [2.75, 3.05) is 11.1 Å². The first-order chi connectivity index (χ1) is 13.4. The first-order valence-corrected chi connectivity index (χ1v) is 9.79. The molecule has 0 radical (unpaired) electrons. The Bertz CT molecular complexity index is 1020. The van der Waals surface area contributed by atoms with E-state index in [-0.39, 0.29) is 28.1 Å². The summed E-state index contributed by atoms with van der Waals surface area (Å²) in [5, 5.41) is 3.02. The summed E-state index contributed by atoms with van der Waals surface area (Å²) in [6, 6.07) is 13.3. The van der Waals surface area contributed by atoms with Crippen molar-refractivity contribution in [3.63, 3.8) is 0 Å². The van der Waals surface area contributed by atoms with Crippen LogP contribution >= 0.6 is 11.8 Å². The third-order valence-electron chi connectivity index (χ3n) is 4.12. The number of carbonyl (C=O) groups is 1. The third-order valence-corrected chi connectivity index (χ3v) is 5.08. The van der Waals surface area contributed by atoms with Crippen molar-refractivity contribution < 1.29 is 9.18 Å². The van der Waals surface area contributed by atoms with E-state index in [1.54, 1.807) is 0 Å². The summed E-state index contributed by atoms with van der Waals surface area (Å²) in [5.41, 5.74) is 2.08. The number of hydrogen-bond donors (Lipinski definition) is 1. The third kappa shape index (κ3) is 4.86. The van der Waals surface area contributed by atoms with Gasteiger partial charge in [0.1, 0.15) is 5.82 Å². The van der Waals surface area contributed by atoms with Crippen molar-refractivity contribution in [2.45, 2.75) is 24.8 Å². The fourth-order valence-corrected chi connectivity index (χ4v) is 3.28. The molecule has 0 bridgehead atoms. The molecule has 0 saturated carbocycles. The molecule has 1 N–H and O–H groups in total. The van der Waals surface area contributed by atoms with Crippen LogP contribution in [0, 0.1) is 5.82 Å². The van der Waals surface area contributed by atoms with Crippen LogP contribution in [0.25, 0.3) is 5.69 Å². The molecule has 0 aliphatic carbocycles. The largest absolute Gasteiger partial charge is 0.325 e. The Kier molecular flexibility index (Phi) is 6.26. The standard InChI is InChI=1S/C21H20FN3O2S/c1-14(2)15-3-7-17(8-4-15)24-19(26)13-28-20-21(27)25(12-11-23-20)18-9-5-16(22)6-10-18/h3-12,14H,13H2,1-2H3,(H,24,26). The number of anilines is 1. The maximum Gasteiger partial charge on any atom is 0.287 e. The van der Waals surface area contributed by atoms with Crippen molar-refractivity contribution in [1.29, 1.82) is 0 Å². The second-order valence-corrected chi connectivity index (χ2v) is 7.46. The molecule has 0 atom stereocenters. The summed E-state index contributed by atoms with van der Waals surface area (Å²) < 4.78 is 14.5. The van der Waals surface area contributed by atoms with Crippen LogP contribution in [0.4, 0.5) is 10.1 Å². The molecule has 1 amide bonds. The van der Waals surface area contributed by atoms with Gasteiger partial charge in [0.2, 0.25) is 5.91 Å². The molecule has 7 heteroatoms. The minimum absolute atomic E-state index is 0.0571. The molecule has 0 aliphatic rings. The van der Waals surface area contributed by atoms with E-state index in [1.807, 2.05) is 24.3 Å². The number of aromatic nitrogens is 2. The number of carbonyl (C=O) groups excluding carboxylic acids is 1. The van der Waals surface area contributed by atoms with Crippen LogP contribution in [0.2, 0.25) is 0 Å². The van der Waals surface area contributed by atoms with Gasteiger partial charge in [0.25, 0.3) is 5.56 Å². The van der Waals surface area contributed by atoms with E-state index in [2.05, 4.69) is 24.1 Å². The number of halogens is 1. The van der Waals surface area contributed by atoms with Crippen LogP contribution in [0.1, 0.15) is 25.3 Å². The molecule has 3 rings (SSSR count). The molecule has 144 valence electrons. The Morgan fingerprint density at radius 1 is 1.14 bits per heavy atom. The fraction of sp³-hybridized carbons (Fsp3) is 0.190. The SMILES string of the molecule is CC(C)c1ccc(NC(=O)CSc2nccn(-c3ccc(F)cc3)c2=O)cc1. The molecule has 0 unspecified atom stereocenters. The molecule has 0 spiro atoms. The highest BCUT2D eigenvalue weighted by Gasteiger charge is 2.11. The summed E-state index contributed by atoms with van der Waals surface area (Å²) in [4.78, 5) is 28.8. The lowest BCUT2D eigenvalue weighted by molar-refractivity contribution is -0.113. The average Bonchev–Trinajstić information content (AvgIpc) is 2.68. The zero-order valence-electron chi connectivity index (χ0n) is 15.6. The van der Waals surface area contributed by atoms with Gasteiger partial charge in [0.15, 0.2) is 5.03 Å². The summed E-state index contributed by atoms with van der Waals surface area (Å²) in [6.45, 7) is 4.21. The zero-order chi connectivity index (χ0) is 20.1. The van der Waals surface area contributed by atoms with Gasteiger partial charge in [-0.25, -0.2) is 9.37 Å². The second-order valence-electron chi connectivity index (χ2n) is 6.50. The molecule has 0 fully saturated rings. The van der Waals surface area contributed by atoms with Gasteiger partial charge in [-0.3, -0.25) is 14.2 Å². The molecule has 5 nitrogen and oxygen atoms in total. The van der Waals surface area contributed by atoms with Crippen molar-refractivity contribution >= 4 is 23.4 Å². The van der Waals surface area contributed by atoms with Crippen LogP contribution in [0.3, 0.4) is 0 Å². The monoisotopic (exact) mass is 397 g/mol. The lowest BCUT2D eigenvalue weighted by atomic mass is 10.0. The summed E-state index contributed by atoms with van der Waals surface area (Å²) in [5.74, 6) is -0.117. The number of benzene rings is 2. The maximum atomic E-state index is 13.1. The molecule has 1 aromatic heterocycles. The van der Waals surface area contributed by atoms with E-state index in [0.717, 1.165) is 11.8 Å². The van der Waals surface area contributed by atoms with Crippen molar-refractivity contribution in [1.82, 2.24) is 9.55 Å². The number of thioether (sulfide) groups is 1. The van der Waals surface area contributed by atoms with E-state index in [1.165, 1.54) is 46.8 Å². The lowest BCUT2D eigenvalue weighted by Crippen LogP contribution is -2.22. The van der Waals surface area contributed by atoms with Gasteiger partial charge in [-0.15, -0.1) is 0 Å². The maximum absolute atomic E-state index is 13.1. The predicted octanol–water partition coefficient (Wildman–Crippen LogP) is 4.23. The van der Waals surface area contributed by atoms with Gasteiger partial charge >= 0.3 is 0 Å². The van der Waals surface area contributed by atoms with Gasteiger partial charge in [-0.2, -0.15) is 0 Å². The van der Waals surface area contributed by atoms with Crippen molar-refractivity contribution in [2.24, 2.45) is 0 Å². The van der Waals surface area contributed by atoms with Gasteiger partial charge in [0, 0.05) is 23.8 Å². The first kappa shape index (κ1) is 19.8. The summed E-state index contributed by atoms with van der Waals surface area (Å²) >= 11 is 1.06. The first-order valence-electron chi connectivity index (χ1n) is 8.80. The van der Waals surface area contributed by atoms with Gasteiger partial charge in [0.05, 0.1) is 5.75 Å². The van der Waals surface area contributed by atoms with Crippen LogP contribution in [-0.4, -0.2) is 21.2 Å². The van der Waals surface area contributed by atoms with Gasteiger partial charge in [-0.05, 0) is 47.9 Å². The predicted molar refractivity (Wildman–Crippen MR) is 110 cm³/mol. The molecule has 1 heterocycles. The number of amides is 1. The van der Waals surface area contributed by atoms with E-state index >= 15 is 0 Å². The van der Waals surface area contributed by atoms with Crippen molar-refractivity contribution in [3.05, 3.63) is 82.7 Å². The Balaban J connectivity index is 1.65. The molecular weight excluding hydrogens is 377 g/mol. The van der Waals surface area contributed by atoms with E-state index in [9.17, 15) is 14.0 Å². The average molecular weight is 397 g/mol. The van der Waals surface area contributed by atoms with E-state index < -0.39 is 0 Å². The minimum Gasteiger partial charge on any atom is -0.325 e. The number of rotatable bonds is 6. The normalized spacial score (nSPS) is 10.9. The highest BCUT2D eigenvalue weighted by atomic mass is 32.2. The highest BCUT2D eigenvalue weighted by molar-refractivity contribution is 7.99. The van der Waals surface area contributed by atoms with Gasteiger partial charge < -0.3 is 5.32 Å². The molecule has 0 aliphatic heterocycles. The Labute approximate surface area is 166 Å². The Hall–Kier alpha value is -2.93. The smallest absolute Gasteiger partial charge is 0.287 e. The van der Waals surface area contributed by atoms with Crippen LogP contribution in [-0.2, 0) is 4.79 Å². The fourth-order valence-electron chi connectivity index (χ4n) is 2.58. The number of hydrogen-bond acceptors (Lipinski definition) is 4. The van der Waals surface area contributed by atoms with Gasteiger partial charge in [-0.1, -0.05) is 37.7 Å². The van der Waals surface area contributed by atoms with Crippen LogP contribution in [0.5, 0.6) is 0 Å². The van der Waals surface area contributed by atoms with E-state index in [0.29, 0.717) is 17.3 Å². The molecule has 28 heavy (non-hydrogen) atoms. The van der Waals surface area contributed by atoms with Crippen molar-refractivity contribution in [3.8, 4) is 5.69 Å². The topological polar surface area (TPSA) is 64.0 Å². The Morgan fingerprint density at radius 2 is 1.82 bits per heavy atom. The molecule has 0 saturated heterocycles. The minimum atomic E-state index is -0.376. The Morgan fingerprint density at radius 3 is 2.46 bits per heavy atom. The van der Waals surface area contributed by atoms with Crippen LogP contribution < -0.4 is 10.9 Å². The number of nitrogens with one attached hydrogen (secondary N) is 1. The number of nitrogens with zero attached hydrogens (tertiary/aromatic N) is 2. The highest BCUT2D eigenvalue weighted by Crippen LogP contribution is 2.18. The lowest BCUT2D eigenvalue weighted by Gasteiger charge is -2.09. The molecular formula is C21H20FN3O2S. The van der Waals surface area contributed by atoms with E-state index in [4.69, 9.17) is 0 Å². The molecule has 2 aromatic carbocycles. The summed E-state index contributed by atoms with van der Waals surface area (Å²) in [6.07, 6.45) is 2.99. The summed E-state index contributed by atoms with van der Waals surface area (Å²) in [7, 11) is 0. The quantitative estimate of drug-likeness (QED) is 0.633. The molecule has 3 aromatic rings. The van der Waals surface area contributed by atoms with Crippen LogP contribution in [0.15, 0.2) is 70.7 Å². The second kappa shape index (κ2) is 8.84. The zero-order valence-corrected chi connectivity index (χ0v) is 16.4.